The summed E-state index contributed by atoms with van der Waals surface area (Å²) in [5.41, 5.74) is 1.17. The van der Waals surface area contributed by atoms with E-state index in [2.05, 4.69) is 28.2 Å². The summed E-state index contributed by atoms with van der Waals surface area (Å²) in [6.07, 6.45) is 2.57. The van der Waals surface area contributed by atoms with E-state index in [4.69, 9.17) is 4.74 Å². The Morgan fingerprint density at radius 1 is 1.43 bits per heavy atom. The fraction of sp³-hybridized carbons (Fsp3) is 0.588. The maximum absolute atomic E-state index is 5.67. The van der Waals surface area contributed by atoms with Gasteiger partial charge in [-0.05, 0) is 31.7 Å². The normalized spacial score (nSPS) is 19.5. The zero-order valence-corrected chi connectivity index (χ0v) is 13.4. The van der Waals surface area contributed by atoms with Crippen molar-refractivity contribution in [3.05, 3.63) is 29.8 Å². The van der Waals surface area contributed by atoms with Gasteiger partial charge in [-0.1, -0.05) is 25.1 Å². The zero-order valence-electron chi connectivity index (χ0n) is 13.4. The van der Waals surface area contributed by atoms with Crippen LogP contribution in [0.3, 0.4) is 0 Å². The van der Waals surface area contributed by atoms with E-state index >= 15 is 0 Å². The Hall–Kier alpha value is -1.71. The molecule has 0 spiro atoms. The van der Waals surface area contributed by atoms with Crippen LogP contribution in [0, 0.1) is 5.92 Å². The summed E-state index contributed by atoms with van der Waals surface area (Å²) in [6.45, 7) is 7.94. The number of likely N-dealkylation sites (tertiary alicyclic amines) is 1. The predicted octanol–water partition coefficient (Wildman–Crippen LogP) is 2.89. The molecule has 1 N–H and O–H groups in total. The topological polar surface area (TPSA) is 36.9 Å². The van der Waals surface area contributed by atoms with E-state index in [1.165, 1.54) is 18.4 Å². The van der Waals surface area contributed by atoms with Crippen LogP contribution in [-0.2, 0) is 6.54 Å². The van der Waals surface area contributed by atoms with Gasteiger partial charge in [-0.25, -0.2) is 0 Å². The molecule has 0 amide bonds. The molecule has 0 aliphatic carbocycles. The minimum absolute atomic E-state index is 0.690. The predicted molar refractivity (Wildman–Crippen MR) is 87.8 cm³/mol. The van der Waals surface area contributed by atoms with Gasteiger partial charge in [0.1, 0.15) is 5.75 Å². The standard InChI is InChI=1S/C17H27N3O/c1-4-21-16-10-6-5-9-15(16)12-19-17(18-3)20-11-7-8-14(2)13-20/h5-6,9-10,14H,4,7-8,11-13H2,1-3H3,(H,18,19). The molecule has 1 atom stereocenters. The number of aliphatic imine (C=N–C) groups is 1. The first-order valence-corrected chi connectivity index (χ1v) is 7.91. The van der Waals surface area contributed by atoms with Gasteiger partial charge in [-0.15, -0.1) is 0 Å². The number of hydrogen-bond donors (Lipinski definition) is 1. The number of hydrogen-bond acceptors (Lipinski definition) is 2. The second-order valence-corrected chi connectivity index (χ2v) is 5.63. The SMILES string of the molecule is CCOc1ccccc1CNC(=NC)N1CCCC(C)C1. The number of nitrogens with one attached hydrogen (secondary N) is 1. The number of para-hydroxylation sites is 1. The molecule has 0 aromatic heterocycles. The lowest BCUT2D eigenvalue weighted by atomic mass is 10.0. The van der Waals surface area contributed by atoms with Gasteiger partial charge in [0.15, 0.2) is 5.96 Å². The largest absolute Gasteiger partial charge is 0.494 e. The van der Waals surface area contributed by atoms with Crippen molar-refractivity contribution in [3.8, 4) is 5.75 Å². The Balaban J connectivity index is 1.97. The summed E-state index contributed by atoms with van der Waals surface area (Å²) in [5, 5.41) is 3.47. The second-order valence-electron chi connectivity index (χ2n) is 5.63. The van der Waals surface area contributed by atoms with Crippen LogP contribution < -0.4 is 10.1 Å². The van der Waals surface area contributed by atoms with Crippen molar-refractivity contribution in [3.63, 3.8) is 0 Å². The summed E-state index contributed by atoms with van der Waals surface area (Å²) in [5.74, 6) is 2.69. The molecule has 4 nitrogen and oxygen atoms in total. The molecule has 116 valence electrons. The highest BCUT2D eigenvalue weighted by atomic mass is 16.5. The summed E-state index contributed by atoms with van der Waals surface area (Å²) >= 11 is 0. The quantitative estimate of drug-likeness (QED) is 0.684. The monoisotopic (exact) mass is 289 g/mol. The van der Waals surface area contributed by atoms with Crippen molar-refractivity contribution in [2.24, 2.45) is 10.9 Å². The van der Waals surface area contributed by atoms with Crippen molar-refractivity contribution < 1.29 is 4.74 Å². The lowest BCUT2D eigenvalue weighted by Gasteiger charge is -2.33. The Labute approximate surface area is 128 Å². The Bertz CT molecular complexity index is 473. The lowest BCUT2D eigenvalue weighted by Crippen LogP contribution is -2.45. The van der Waals surface area contributed by atoms with Crippen LogP contribution >= 0.6 is 0 Å². The van der Waals surface area contributed by atoms with Gasteiger partial charge in [0.25, 0.3) is 0 Å². The maximum atomic E-state index is 5.67. The Morgan fingerprint density at radius 3 is 2.95 bits per heavy atom. The van der Waals surface area contributed by atoms with Crippen molar-refractivity contribution in [1.82, 2.24) is 10.2 Å². The highest BCUT2D eigenvalue weighted by molar-refractivity contribution is 5.80. The fourth-order valence-electron chi connectivity index (χ4n) is 2.83. The molecule has 0 radical (unpaired) electrons. The molecular weight excluding hydrogens is 262 g/mol. The van der Waals surface area contributed by atoms with Crippen LogP contribution in [0.1, 0.15) is 32.3 Å². The number of guanidine groups is 1. The molecule has 1 fully saturated rings. The Morgan fingerprint density at radius 2 is 2.24 bits per heavy atom. The van der Waals surface area contributed by atoms with Crippen molar-refractivity contribution in [2.75, 3.05) is 26.7 Å². The summed E-state index contributed by atoms with van der Waals surface area (Å²) in [6, 6.07) is 8.18. The van der Waals surface area contributed by atoms with E-state index in [-0.39, 0.29) is 0 Å². The van der Waals surface area contributed by atoms with Crippen molar-refractivity contribution in [2.45, 2.75) is 33.2 Å². The van der Waals surface area contributed by atoms with Gasteiger partial charge in [-0.2, -0.15) is 0 Å². The maximum Gasteiger partial charge on any atom is 0.193 e. The van der Waals surface area contributed by atoms with Crippen LogP contribution in [0.15, 0.2) is 29.3 Å². The smallest absolute Gasteiger partial charge is 0.193 e. The molecule has 1 aliphatic heterocycles. The molecule has 1 aromatic rings. The van der Waals surface area contributed by atoms with E-state index < -0.39 is 0 Å². The second kappa shape index (κ2) is 7.91. The molecule has 0 bridgehead atoms. The molecule has 0 saturated carbocycles. The van der Waals surface area contributed by atoms with E-state index in [9.17, 15) is 0 Å². The first-order valence-electron chi connectivity index (χ1n) is 7.91. The number of nitrogens with zero attached hydrogens (tertiary/aromatic N) is 2. The van der Waals surface area contributed by atoms with Crippen LogP contribution in [0.4, 0.5) is 0 Å². The number of rotatable bonds is 4. The Kier molecular flexibility index (Phi) is 5.90. The van der Waals surface area contributed by atoms with Crippen molar-refractivity contribution in [1.29, 1.82) is 0 Å². The van der Waals surface area contributed by atoms with Gasteiger partial charge in [0.05, 0.1) is 6.61 Å². The van der Waals surface area contributed by atoms with Gasteiger partial charge < -0.3 is 15.0 Å². The first kappa shape index (κ1) is 15.7. The zero-order chi connectivity index (χ0) is 15.1. The van der Waals surface area contributed by atoms with E-state index in [1.54, 1.807) is 0 Å². The van der Waals surface area contributed by atoms with Gasteiger partial charge in [-0.3, -0.25) is 4.99 Å². The molecule has 21 heavy (non-hydrogen) atoms. The van der Waals surface area contributed by atoms with Crippen LogP contribution in [0.2, 0.25) is 0 Å². The van der Waals surface area contributed by atoms with Crippen LogP contribution in [0.5, 0.6) is 5.75 Å². The molecule has 4 heteroatoms. The molecule has 2 rings (SSSR count). The van der Waals surface area contributed by atoms with E-state index in [1.807, 2.05) is 32.2 Å². The molecule has 1 unspecified atom stereocenters. The summed E-state index contributed by atoms with van der Waals surface area (Å²) < 4.78 is 5.67. The number of benzene rings is 1. The molecule has 1 saturated heterocycles. The molecule has 1 aromatic carbocycles. The minimum Gasteiger partial charge on any atom is -0.494 e. The third-order valence-electron chi connectivity index (χ3n) is 3.88. The summed E-state index contributed by atoms with van der Waals surface area (Å²) in [4.78, 5) is 6.79. The highest BCUT2D eigenvalue weighted by Crippen LogP contribution is 2.18. The van der Waals surface area contributed by atoms with Gasteiger partial charge in [0.2, 0.25) is 0 Å². The number of piperidine rings is 1. The average Bonchev–Trinajstić information content (AvgIpc) is 2.50. The average molecular weight is 289 g/mol. The fourth-order valence-corrected chi connectivity index (χ4v) is 2.83. The first-order chi connectivity index (χ1) is 10.2. The minimum atomic E-state index is 0.690. The highest BCUT2D eigenvalue weighted by Gasteiger charge is 2.19. The van der Waals surface area contributed by atoms with Crippen molar-refractivity contribution >= 4 is 5.96 Å². The lowest BCUT2D eigenvalue weighted by molar-refractivity contribution is 0.265. The third kappa shape index (κ3) is 4.38. The number of ether oxygens (including phenoxy) is 1. The van der Waals surface area contributed by atoms with Gasteiger partial charge >= 0.3 is 0 Å². The summed E-state index contributed by atoms with van der Waals surface area (Å²) in [7, 11) is 1.86. The molecular formula is C17H27N3O. The molecule has 1 heterocycles. The van der Waals surface area contributed by atoms with Crippen LogP contribution in [-0.4, -0.2) is 37.6 Å². The van der Waals surface area contributed by atoms with E-state index in [0.717, 1.165) is 37.3 Å². The van der Waals surface area contributed by atoms with Crippen LogP contribution in [0.25, 0.3) is 0 Å². The van der Waals surface area contributed by atoms with E-state index in [0.29, 0.717) is 6.61 Å². The van der Waals surface area contributed by atoms with Gasteiger partial charge in [0, 0.05) is 32.2 Å². The molecule has 1 aliphatic rings. The third-order valence-corrected chi connectivity index (χ3v) is 3.88.